The molecule has 8 heteroatoms. The molecule has 4 rings (SSSR count). The van der Waals surface area contributed by atoms with Crippen LogP contribution in [0.25, 0.3) is 11.1 Å². The number of benzene rings is 2. The van der Waals surface area contributed by atoms with Gasteiger partial charge in [0.05, 0.1) is 25.8 Å². The van der Waals surface area contributed by atoms with Crippen LogP contribution < -0.4 is 15.2 Å². The van der Waals surface area contributed by atoms with Gasteiger partial charge in [-0.1, -0.05) is 11.6 Å². The van der Waals surface area contributed by atoms with Crippen molar-refractivity contribution in [1.29, 1.82) is 0 Å². The van der Waals surface area contributed by atoms with Crippen LogP contribution in [0.15, 0.2) is 45.6 Å². The number of aryl methyl sites for hydroxylation is 1. The average Bonchev–Trinajstić information content (AvgIpc) is 3.35. The van der Waals surface area contributed by atoms with Gasteiger partial charge in [-0.05, 0) is 43.2 Å². The standard InChI is InChI=1S/C22H23ClN2O5/c1-28-15-6-8-19(29-2)16(13-15)17-4-3-10-24(17)21(26)9-11-25-18-7-5-14(23)12-20(18)30-22(25)27/h5-8,12-13,17H,3-4,9-11H2,1-2H3/t17-/m0/s1. The van der Waals surface area contributed by atoms with E-state index in [1.807, 2.05) is 23.1 Å². The van der Waals surface area contributed by atoms with Crippen LogP contribution in [0.4, 0.5) is 0 Å². The third-order valence-electron chi connectivity index (χ3n) is 5.55. The minimum atomic E-state index is -0.493. The zero-order valence-electron chi connectivity index (χ0n) is 16.9. The summed E-state index contributed by atoms with van der Waals surface area (Å²) in [5, 5.41) is 0.492. The summed E-state index contributed by atoms with van der Waals surface area (Å²) >= 11 is 5.96. The largest absolute Gasteiger partial charge is 0.497 e. The number of hydrogen-bond acceptors (Lipinski definition) is 5. The van der Waals surface area contributed by atoms with Gasteiger partial charge in [-0.15, -0.1) is 0 Å². The van der Waals surface area contributed by atoms with Gasteiger partial charge in [-0.2, -0.15) is 0 Å². The van der Waals surface area contributed by atoms with Crippen molar-refractivity contribution in [2.45, 2.75) is 31.8 Å². The maximum atomic E-state index is 13.1. The Hall–Kier alpha value is -2.93. The van der Waals surface area contributed by atoms with Crippen LogP contribution in [0.3, 0.4) is 0 Å². The molecular weight excluding hydrogens is 408 g/mol. The highest BCUT2D eigenvalue weighted by molar-refractivity contribution is 6.31. The van der Waals surface area contributed by atoms with Gasteiger partial charge in [0.25, 0.3) is 0 Å². The topological polar surface area (TPSA) is 73.9 Å². The molecule has 1 aliphatic rings. The van der Waals surface area contributed by atoms with Gasteiger partial charge >= 0.3 is 5.76 Å². The maximum Gasteiger partial charge on any atom is 0.419 e. The third kappa shape index (κ3) is 3.77. The van der Waals surface area contributed by atoms with Gasteiger partial charge in [0.2, 0.25) is 5.91 Å². The first kappa shape index (κ1) is 20.3. The molecule has 3 aromatic rings. The number of hydrogen-bond donors (Lipinski definition) is 0. The lowest BCUT2D eigenvalue weighted by Crippen LogP contribution is -2.32. The molecule has 0 saturated carbocycles. The summed E-state index contributed by atoms with van der Waals surface area (Å²) in [5.41, 5.74) is 1.98. The van der Waals surface area contributed by atoms with Gasteiger partial charge in [0, 0.05) is 36.2 Å². The number of aromatic nitrogens is 1. The lowest BCUT2D eigenvalue weighted by atomic mass is 10.0. The van der Waals surface area contributed by atoms with E-state index in [4.69, 9.17) is 25.5 Å². The predicted molar refractivity (Wildman–Crippen MR) is 113 cm³/mol. The molecule has 0 bridgehead atoms. The van der Waals surface area contributed by atoms with Crippen molar-refractivity contribution >= 4 is 28.6 Å². The number of likely N-dealkylation sites (tertiary alicyclic amines) is 1. The maximum absolute atomic E-state index is 13.1. The average molecular weight is 431 g/mol. The Bertz CT molecular complexity index is 1140. The molecule has 30 heavy (non-hydrogen) atoms. The monoisotopic (exact) mass is 430 g/mol. The zero-order valence-corrected chi connectivity index (χ0v) is 17.6. The molecule has 1 fully saturated rings. The molecule has 2 aromatic carbocycles. The lowest BCUT2D eigenvalue weighted by Gasteiger charge is -2.27. The summed E-state index contributed by atoms with van der Waals surface area (Å²) in [6.45, 7) is 0.908. The predicted octanol–water partition coefficient (Wildman–Crippen LogP) is 4.02. The van der Waals surface area contributed by atoms with Crippen LogP contribution in [0, 0.1) is 0 Å². The number of rotatable bonds is 6. The Balaban J connectivity index is 1.54. The zero-order chi connectivity index (χ0) is 21.3. The number of amides is 1. The lowest BCUT2D eigenvalue weighted by molar-refractivity contribution is -0.132. The highest BCUT2D eigenvalue weighted by atomic mass is 35.5. The minimum Gasteiger partial charge on any atom is -0.497 e. The summed E-state index contributed by atoms with van der Waals surface area (Å²) in [4.78, 5) is 27.2. The molecule has 0 aliphatic carbocycles. The van der Waals surface area contributed by atoms with Crippen molar-refractivity contribution < 1.29 is 18.7 Å². The van der Waals surface area contributed by atoms with E-state index in [2.05, 4.69) is 0 Å². The second-order valence-electron chi connectivity index (χ2n) is 7.23. The van der Waals surface area contributed by atoms with E-state index >= 15 is 0 Å². The van der Waals surface area contributed by atoms with Crippen LogP contribution in [0.1, 0.15) is 30.9 Å². The normalized spacial score (nSPS) is 16.2. The van der Waals surface area contributed by atoms with Crippen molar-refractivity contribution in [3.05, 3.63) is 57.5 Å². The fourth-order valence-corrected chi connectivity index (χ4v) is 4.25. The first-order chi connectivity index (χ1) is 14.5. The molecule has 1 aromatic heterocycles. The summed E-state index contributed by atoms with van der Waals surface area (Å²) in [6.07, 6.45) is 1.95. The van der Waals surface area contributed by atoms with Crippen LogP contribution in [-0.2, 0) is 11.3 Å². The molecule has 158 valence electrons. The van der Waals surface area contributed by atoms with E-state index in [1.165, 1.54) is 4.57 Å². The summed E-state index contributed by atoms with van der Waals surface area (Å²) in [5.74, 6) is 0.944. The molecule has 0 spiro atoms. The van der Waals surface area contributed by atoms with Crippen LogP contribution in [0.5, 0.6) is 11.5 Å². The number of nitrogens with zero attached hydrogens (tertiary/aromatic N) is 2. The molecule has 0 radical (unpaired) electrons. The SMILES string of the molecule is COc1ccc(OC)c([C@@H]2CCCN2C(=O)CCn2c(=O)oc3cc(Cl)ccc32)c1. The van der Waals surface area contributed by atoms with Gasteiger partial charge in [-0.25, -0.2) is 4.79 Å². The molecular formula is C22H23ClN2O5. The number of carbonyl (C=O) groups excluding carboxylic acids is 1. The van der Waals surface area contributed by atoms with E-state index in [9.17, 15) is 9.59 Å². The van der Waals surface area contributed by atoms with Crippen molar-refractivity contribution in [1.82, 2.24) is 9.47 Å². The Morgan fingerprint density at radius 3 is 2.80 bits per heavy atom. The smallest absolute Gasteiger partial charge is 0.419 e. The molecule has 1 saturated heterocycles. The van der Waals surface area contributed by atoms with Crippen LogP contribution >= 0.6 is 11.6 Å². The Morgan fingerprint density at radius 2 is 2.03 bits per heavy atom. The highest BCUT2D eigenvalue weighted by Crippen LogP contribution is 2.39. The van der Waals surface area contributed by atoms with Gasteiger partial charge < -0.3 is 18.8 Å². The van der Waals surface area contributed by atoms with E-state index in [-0.39, 0.29) is 24.9 Å². The third-order valence-corrected chi connectivity index (χ3v) is 5.78. The Morgan fingerprint density at radius 1 is 1.20 bits per heavy atom. The van der Waals surface area contributed by atoms with E-state index in [0.717, 1.165) is 29.9 Å². The first-order valence-corrected chi connectivity index (χ1v) is 10.2. The molecule has 0 unspecified atom stereocenters. The minimum absolute atomic E-state index is 0.0161. The van der Waals surface area contributed by atoms with E-state index < -0.39 is 5.76 Å². The molecule has 2 heterocycles. The van der Waals surface area contributed by atoms with Crippen molar-refractivity contribution in [2.75, 3.05) is 20.8 Å². The second-order valence-corrected chi connectivity index (χ2v) is 7.67. The molecule has 1 aliphatic heterocycles. The van der Waals surface area contributed by atoms with E-state index in [1.54, 1.807) is 32.4 Å². The quantitative estimate of drug-likeness (QED) is 0.590. The summed E-state index contributed by atoms with van der Waals surface area (Å²) in [7, 11) is 3.23. The van der Waals surface area contributed by atoms with Crippen molar-refractivity contribution in [2.24, 2.45) is 0 Å². The molecule has 7 nitrogen and oxygen atoms in total. The number of carbonyl (C=O) groups is 1. The van der Waals surface area contributed by atoms with Gasteiger partial charge in [0.15, 0.2) is 5.58 Å². The summed E-state index contributed by atoms with van der Waals surface area (Å²) in [6, 6.07) is 10.6. The summed E-state index contributed by atoms with van der Waals surface area (Å²) < 4.78 is 17.6. The first-order valence-electron chi connectivity index (χ1n) is 9.82. The molecule has 0 N–H and O–H groups in total. The fourth-order valence-electron chi connectivity index (χ4n) is 4.09. The number of halogens is 1. The number of oxazole rings is 1. The number of ether oxygens (including phenoxy) is 2. The van der Waals surface area contributed by atoms with Crippen molar-refractivity contribution in [3.63, 3.8) is 0 Å². The highest BCUT2D eigenvalue weighted by Gasteiger charge is 2.32. The Labute approximate surface area is 178 Å². The van der Waals surface area contributed by atoms with Crippen molar-refractivity contribution in [3.8, 4) is 11.5 Å². The van der Waals surface area contributed by atoms with E-state index in [0.29, 0.717) is 22.7 Å². The number of methoxy groups -OCH3 is 2. The second kappa shape index (κ2) is 8.44. The van der Waals surface area contributed by atoms with Crippen LogP contribution in [-0.4, -0.2) is 36.1 Å². The van der Waals surface area contributed by atoms with Gasteiger partial charge in [-0.3, -0.25) is 9.36 Å². The molecule has 1 atom stereocenters. The Kier molecular flexibility index (Phi) is 5.72. The van der Waals surface area contributed by atoms with Gasteiger partial charge in [0.1, 0.15) is 11.5 Å². The number of fused-ring (bicyclic) bond motifs is 1. The molecule has 1 amide bonds. The fraction of sp³-hybridized carbons (Fsp3) is 0.364. The van der Waals surface area contributed by atoms with Crippen LogP contribution in [0.2, 0.25) is 5.02 Å².